The van der Waals surface area contributed by atoms with Crippen LogP contribution in [0.1, 0.15) is 76.6 Å². The second-order valence-corrected chi connectivity index (χ2v) is 11.1. The number of carbonyl (C=O) groups excluding carboxylic acids is 1. The third-order valence-electron chi connectivity index (χ3n) is 6.90. The summed E-state index contributed by atoms with van der Waals surface area (Å²) in [4.78, 5) is 25.1. The third kappa shape index (κ3) is 5.79. The molecule has 0 spiro atoms. The van der Waals surface area contributed by atoms with Gasteiger partial charge in [-0.15, -0.1) is 0 Å². The Kier molecular flexibility index (Phi) is 6.55. The Morgan fingerprint density at radius 1 is 1.15 bits per heavy atom. The number of aliphatic imine (C=N–C) groups is 3. The van der Waals surface area contributed by atoms with Crippen molar-refractivity contribution in [1.29, 1.82) is 0 Å². The maximum absolute atomic E-state index is 12.7. The lowest BCUT2D eigenvalue weighted by Crippen LogP contribution is -2.54. The molecule has 0 unspecified atom stereocenters. The van der Waals surface area contributed by atoms with Gasteiger partial charge >= 0.3 is 5.97 Å². The molecule has 0 aliphatic heterocycles. The third-order valence-corrected chi connectivity index (χ3v) is 6.90. The van der Waals surface area contributed by atoms with E-state index in [1.54, 1.807) is 12.4 Å². The van der Waals surface area contributed by atoms with Crippen LogP contribution in [0.3, 0.4) is 0 Å². The maximum atomic E-state index is 12.7. The highest BCUT2D eigenvalue weighted by atomic mass is 16.6. The minimum Gasteiger partial charge on any atom is -0.456 e. The number of esters is 1. The van der Waals surface area contributed by atoms with E-state index in [-0.39, 0.29) is 11.5 Å². The van der Waals surface area contributed by atoms with E-state index in [1.807, 2.05) is 45.9 Å². The number of allylic oxidation sites excluding steroid dienone is 1. The Hall–Kier alpha value is -2.76. The SMILES string of the molecule is C=N\C=N/C=C(C)/C=N\c1cc(C(=O)OC(C)(C)C)ccc1NC12CC3CC(CC(C3)C1)C2. The molecule has 0 atom stereocenters. The minimum absolute atomic E-state index is 0.150. The summed E-state index contributed by atoms with van der Waals surface area (Å²) in [6, 6.07) is 5.66. The molecule has 0 saturated heterocycles. The Labute approximate surface area is 197 Å². The quantitative estimate of drug-likeness (QED) is 0.300. The summed E-state index contributed by atoms with van der Waals surface area (Å²) < 4.78 is 5.59. The van der Waals surface area contributed by atoms with Crippen molar-refractivity contribution in [2.24, 2.45) is 32.7 Å². The van der Waals surface area contributed by atoms with E-state index in [4.69, 9.17) is 9.73 Å². The summed E-state index contributed by atoms with van der Waals surface area (Å²) in [5, 5.41) is 3.91. The number of hydrogen-bond donors (Lipinski definition) is 1. The van der Waals surface area contributed by atoms with Crippen molar-refractivity contribution >= 4 is 36.6 Å². The van der Waals surface area contributed by atoms with Gasteiger partial charge in [-0.2, -0.15) is 0 Å². The fraction of sp³-hybridized carbons (Fsp3) is 0.556. The lowest BCUT2D eigenvalue weighted by Gasteiger charge is -2.57. The van der Waals surface area contributed by atoms with Crippen LogP contribution in [0.25, 0.3) is 0 Å². The van der Waals surface area contributed by atoms with Crippen LogP contribution in [-0.4, -0.2) is 36.4 Å². The molecular formula is C27H36N4O2. The first-order chi connectivity index (χ1) is 15.6. The molecule has 4 saturated carbocycles. The van der Waals surface area contributed by atoms with Gasteiger partial charge in [0.15, 0.2) is 0 Å². The van der Waals surface area contributed by atoms with Crippen molar-refractivity contribution in [3.8, 4) is 0 Å². The van der Waals surface area contributed by atoms with Crippen LogP contribution in [0.5, 0.6) is 0 Å². The highest BCUT2D eigenvalue weighted by molar-refractivity contribution is 5.93. The summed E-state index contributed by atoms with van der Waals surface area (Å²) in [6.45, 7) is 10.9. The first-order valence-corrected chi connectivity index (χ1v) is 12.0. The van der Waals surface area contributed by atoms with Crippen LogP contribution in [0, 0.1) is 17.8 Å². The van der Waals surface area contributed by atoms with Crippen molar-refractivity contribution in [3.63, 3.8) is 0 Å². The van der Waals surface area contributed by atoms with Crippen LogP contribution in [-0.2, 0) is 4.74 Å². The van der Waals surface area contributed by atoms with Gasteiger partial charge in [-0.05, 0) is 114 Å². The van der Waals surface area contributed by atoms with Crippen LogP contribution in [0.2, 0.25) is 0 Å². The monoisotopic (exact) mass is 448 g/mol. The molecule has 0 heterocycles. The number of nitrogens with zero attached hydrogens (tertiary/aromatic N) is 3. The molecule has 6 heteroatoms. The smallest absolute Gasteiger partial charge is 0.338 e. The van der Waals surface area contributed by atoms with E-state index >= 15 is 0 Å². The van der Waals surface area contributed by atoms with Gasteiger partial charge in [0.2, 0.25) is 0 Å². The second kappa shape index (κ2) is 9.24. The van der Waals surface area contributed by atoms with Gasteiger partial charge in [0.1, 0.15) is 11.9 Å². The average Bonchev–Trinajstić information content (AvgIpc) is 2.70. The zero-order valence-corrected chi connectivity index (χ0v) is 20.3. The fourth-order valence-electron chi connectivity index (χ4n) is 6.16. The second-order valence-electron chi connectivity index (χ2n) is 11.1. The summed E-state index contributed by atoms with van der Waals surface area (Å²) in [5.41, 5.74) is 2.70. The van der Waals surface area contributed by atoms with E-state index in [9.17, 15) is 4.79 Å². The van der Waals surface area contributed by atoms with Crippen molar-refractivity contribution in [1.82, 2.24) is 0 Å². The van der Waals surface area contributed by atoms with Crippen molar-refractivity contribution < 1.29 is 9.53 Å². The standard InChI is InChI=1S/C27H36N4O2/c1-18(15-29-17-28-5)16-30-24-11-22(25(32)33-26(2,3)4)6-7-23(24)31-27-12-19-8-20(13-27)10-21(9-19)14-27/h6-7,11,15-17,19-21,31H,5,8-10,12-14H2,1-4H3/b18-15+,29-17-,30-16-. The molecule has 0 radical (unpaired) electrons. The Bertz CT molecular complexity index is 965. The normalized spacial score (nSPS) is 29.1. The highest BCUT2D eigenvalue weighted by Gasteiger charge is 2.51. The molecule has 4 aliphatic carbocycles. The molecule has 33 heavy (non-hydrogen) atoms. The molecule has 4 aliphatic rings. The number of benzene rings is 1. The molecule has 4 fully saturated rings. The van der Waals surface area contributed by atoms with E-state index in [1.165, 1.54) is 44.9 Å². The lowest BCUT2D eigenvalue weighted by molar-refractivity contribution is 0.00695. The molecule has 0 amide bonds. The van der Waals surface area contributed by atoms with Gasteiger partial charge in [0.05, 0.1) is 16.9 Å². The molecule has 4 bridgehead atoms. The van der Waals surface area contributed by atoms with Crippen molar-refractivity contribution in [3.05, 3.63) is 35.5 Å². The zero-order chi connectivity index (χ0) is 23.6. The Balaban J connectivity index is 1.62. The summed E-state index contributed by atoms with van der Waals surface area (Å²) in [7, 11) is 0. The number of hydrogen-bond acceptors (Lipinski definition) is 5. The van der Waals surface area contributed by atoms with Crippen LogP contribution in [0.15, 0.2) is 44.9 Å². The maximum Gasteiger partial charge on any atom is 0.338 e. The van der Waals surface area contributed by atoms with E-state index in [0.717, 1.165) is 34.7 Å². The number of carbonyl (C=O) groups is 1. The largest absolute Gasteiger partial charge is 0.456 e. The molecule has 1 aromatic carbocycles. The average molecular weight is 449 g/mol. The van der Waals surface area contributed by atoms with Crippen LogP contribution in [0.4, 0.5) is 11.4 Å². The first-order valence-electron chi connectivity index (χ1n) is 12.0. The molecule has 1 aromatic rings. The molecule has 5 rings (SSSR count). The van der Waals surface area contributed by atoms with Gasteiger partial charge in [-0.25, -0.2) is 9.79 Å². The number of ether oxygens (including phenoxy) is 1. The van der Waals surface area contributed by atoms with E-state index in [2.05, 4.69) is 22.0 Å². The molecule has 6 nitrogen and oxygen atoms in total. The number of anilines is 1. The molecular weight excluding hydrogens is 412 g/mol. The predicted octanol–water partition coefficient (Wildman–Crippen LogP) is 6.36. The highest BCUT2D eigenvalue weighted by Crippen LogP contribution is 2.57. The van der Waals surface area contributed by atoms with Crippen LogP contribution < -0.4 is 5.32 Å². The van der Waals surface area contributed by atoms with Crippen LogP contribution >= 0.6 is 0 Å². The Morgan fingerprint density at radius 2 is 1.79 bits per heavy atom. The van der Waals surface area contributed by atoms with E-state index < -0.39 is 5.60 Å². The van der Waals surface area contributed by atoms with Crippen molar-refractivity contribution in [2.75, 3.05) is 5.32 Å². The Morgan fingerprint density at radius 3 is 2.36 bits per heavy atom. The predicted molar refractivity (Wildman–Crippen MR) is 136 cm³/mol. The fourth-order valence-corrected chi connectivity index (χ4v) is 6.16. The summed E-state index contributed by atoms with van der Waals surface area (Å²) in [6.07, 6.45) is 12.7. The topological polar surface area (TPSA) is 75.4 Å². The molecule has 1 N–H and O–H groups in total. The molecule has 0 aromatic heterocycles. The summed E-state index contributed by atoms with van der Waals surface area (Å²) in [5.74, 6) is 2.20. The first kappa shape index (κ1) is 23.4. The van der Waals surface area contributed by atoms with Gasteiger partial charge in [-0.3, -0.25) is 9.98 Å². The van der Waals surface area contributed by atoms with Gasteiger partial charge in [-0.1, -0.05) is 0 Å². The van der Waals surface area contributed by atoms with Gasteiger partial charge in [0.25, 0.3) is 0 Å². The number of nitrogens with one attached hydrogen (secondary N) is 1. The van der Waals surface area contributed by atoms with E-state index in [0.29, 0.717) is 5.56 Å². The van der Waals surface area contributed by atoms with Gasteiger partial charge < -0.3 is 10.1 Å². The minimum atomic E-state index is -0.548. The number of rotatable bonds is 7. The van der Waals surface area contributed by atoms with Gasteiger partial charge in [0, 0.05) is 18.0 Å². The zero-order valence-electron chi connectivity index (χ0n) is 20.3. The lowest BCUT2D eigenvalue weighted by atomic mass is 9.53. The van der Waals surface area contributed by atoms with Crippen molar-refractivity contribution in [2.45, 2.75) is 77.4 Å². The summed E-state index contributed by atoms with van der Waals surface area (Å²) >= 11 is 0. The molecule has 176 valence electrons.